The first kappa shape index (κ1) is 91.0. The number of aliphatic hydroxyl groups excluding tert-OH is 1. The molecular formula is C75H138O17P2. The fraction of sp³-hybridized carbons (Fsp3) is 0.840. The van der Waals surface area contributed by atoms with Crippen molar-refractivity contribution in [1.29, 1.82) is 0 Å². The zero-order valence-corrected chi connectivity index (χ0v) is 62.0. The number of rotatable bonds is 70. The van der Waals surface area contributed by atoms with E-state index in [-0.39, 0.29) is 25.7 Å². The maximum Gasteiger partial charge on any atom is 0.472 e. The van der Waals surface area contributed by atoms with Gasteiger partial charge >= 0.3 is 39.5 Å². The predicted octanol–water partition coefficient (Wildman–Crippen LogP) is 21.0. The fourth-order valence-corrected chi connectivity index (χ4v) is 12.0. The van der Waals surface area contributed by atoms with Crippen LogP contribution in [-0.4, -0.2) is 96.7 Å². The number of ether oxygens (including phenoxy) is 4. The molecule has 0 spiro atoms. The first-order valence-electron chi connectivity index (χ1n) is 37.6. The average Bonchev–Trinajstić information content (AvgIpc) is 2.48. The second-order valence-electron chi connectivity index (χ2n) is 26.6. The van der Waals surface area contributed by atoms with E-state index in [9.17, 15) is 43.2 Å². The van der Waals surface area contributed by atoms with Crippen molar-refractivity contribution >= 4 is 39.5 Å². The van der Waals surface area contributed by atoms with Crippen molar-refractivity contribution in [3.8, 4) is 0 Å². The monoisotopic (exact) mass is 1370 g/mol. The summed E-state index contributed by atoms with van der Waals surface area (Å²) < 4.78 is 68.4. The minimum atomic E-state index is -4.97. The smallest absolute Gasteiger partial charge is 0.462 e. The Bertz CT molecular complexity index is 2010. The molecule has 0 aliphatic heterocycles. The summed E-state index contributed by atoms with van der Waals surface area (Å²) in [5.74, 6) is -0.718. The molecule has 0 radical (unpaired) electrons. The molecule has 0 aromatic carbocycles. The minimum Gasteiger partial charge on any atom is -0.462 e. The number of unbranched alkanes of at least 4 members (excludes halogenated alkanes) is 34. The van der Waals surface area contributed by atoms with Crippen LogP contribution in [-0.2, 0) is 65.4 Å². The van der Waals surface area contributed by atoms with Gasteiger partial charge in [-0.15, -0.1) is 0 Å². The molecule has 94 heavy (non-hydrogen) atoms. The second-order valence-corrected chi connectivity index (χ2v) is 29.5. The van der Waals surface area contributed by atoms with Crippen molar-refractivity contribution in [3.63, 3.8) is 0 Å². The van der Waals surface area contributed by atoms with Gasteiger partial charge in [-0.2, -0.15) is 0 Å². The van der Waals surface area contributed by atoms with Crippen molar-refractivity contribution in [2.45, 2.75) is 355 Å². The molecule has 0 rings (SSSR count). The number of allylic oxidation sites excluding steroid dienone is 8. The lowest BCUT2D eigenvalue weighted by atomic mass is 10.0. The van der Waals surface area contributed by atoms with E-state index in [2.05, 4.69) is 90.2 Å². The third-order valence-electron chi connectivity index (χ3n) is 16.2. The van der Waals surface area contributed by atoms with Crippen LogP contribution in [0.2, 0.25) is 0 Å². The zero-order valence-electron chi connectivity index (χ0n) is 60.2. The van der Waals surface area contributed by atoms with E-state index in [0.717, 1.165) is 134 Å². The van der Waals surface area contributed by atoms with Crippen LogP contribution in [0.5, 0.6) is 0 Å². The number of phosphoric acid groups is 2. The highest BCUT2D eigenvalue weighted by Crippen LogP contribution is 2.45. The zero-order chi connectivity index (χ0) is 69.3. The number of phosphoric ester groups is 2. The van der Waals surface area contributed by atoms with Gasteiger partial charge in [-0.1, -0.05) is 283 Å². The SMILES string of the molecule is CCCCCC/C=C\C=C/CCCCCCCC(=O)OC[C@H](COP(=O)(O)OCC(O)COP(=O)(O)OC[C@@H](COC(=O)CCCCCCCCCC(C)C)OC(=O)CCCCCCC/C=C\C=C/CCCCCC)OC(=O)CCCCCCCCCCCCCC(C)C. The first-order chi connectivity index (χ1) is 45.4. The normalized spacial score (nSPS) is 14.4. The maximum atomic E-state index is 13.1. The largest absolute Gasteiger partial charge is 0.472 e. The van der Waals surface area contributed by atoms with Gasteiger partial charge in [0.05, 0.1) is 26.4 Å². The molecule has 0 saturated heterocycles. The third kappa shape index (κ3) is 67.6. The molecule has 0 aromatic rings. The number of hydrogen-bond acceptors (Lipinski definition) is 15. The summed E-state index contributed by atoms with van der Waals surface area (Å²) in [6.45, 7) is 9.39. The van der Waals surface area contributed by atoms with Gasteiger partial charge in [0.1, 0.15) is 19.3 Å². The summed E-state index contributed by atoms with van der Waals surface area (Å²) >= 11 is 0. The van der Waals surface area contributed by atoms with E-state index in [1.165, 1.54) is 116 Å². The molecule has 0 heterocycles. The highest BCUT2D eigenvalue weighted by Gasteiger charge is 2.30. The van der Waals surface area contributed by atoms with Crippen LogP contribution in [0.15, 0.2) is 48.6 Å². The molecule has 19 heteroatoms. The van der Waals surface area contributed by atoms with Crippen molar-refractivity contribution in [2.75, 3.05) is 39.6 Å². The Morgan fingerprint density at radius 3 is 0.862 bits per heavy atom. The second kappa shape index (κ2) is 65.9. The highest BCUT2D eigenvalue weighted by atomic mass is 31.2. The Hall–Kier alpha value is -2.98. The van der Waals surface area contributed by atoms with E-state index in [4.69, 9.17) is 37.0 Å². The lowest BCUT2D eigenvalue weighted by Gasteiger charge is -2.21. The maximum absolute atomic E-state index is 13.1. The highest BCUT2D eigenvalue weighted by molar-refractivity contribution is 7.47. The summed E-state index contributed by atoms with van der Waals surface area (Å²) in [6.07, 6.45) is 58.5. The van der Waals surface area contributed by atoms with E-state index in [1.54, 1.807) is 0 Å². The molecule has 5 atom stereocenters. The summed E-state index contributed by atoms with van der Waals surface area (Å²) in [5.41, 5.74) is 0. The molecule has 0 bridgehead atoms. The summed E-state index contributed by atoms with van der Waals surface area (Å²) in [4.78, 5) is 72.7. The van der Waals surface area contributed by atoms with Gasteiger partial charge in [0.15, 0.2) is 12.2 Å². The van der Waals surface area contributed by atoms with Crippen LogP contribution in [0.3, 0.4) is 0 Å². The Kier molecular flexibility index (Phi) is 63.8. The molecule has 0 fully saturated rings. The molecule has 3 unspecified atom stereocenters. The quantitative estimate of drug-likeness (QED) is 0.0169. The molecule has 0 aromatic heterocycles. The Morgan fingerprint density at radius 1 is 0.330 bits per heavy atom. The molecule has 17 nitrogen and oxygen atoms in total. The predicted molar refractivity (Wildman–Crippen MR) is 381 cm³/mol. The van der Waals surface area contributed by atoms with Crippen LogP contribution >= 0.6 is 15.6 Å². The summed E-state index contributed by atoms with van der Waals surface area (Å²) in [7, 11) is -9.93. The van der Waals surface area contributed by atoms with Crippen molar-refractivity contribution in [2.24, 2.45) is 11.8 Å². The van der Waals surface area contributed by atoms with Crippen molar-refractivity contribution in [1.82, 2.24) is 0 Å². The topological polar surface area (TPSA) is 237 Å². The van der Waals surface area contributed by atoms with Gasteiger partial charge in [-0.05, 0) is 88.9 Å². The Morgan fingerprint density at radius 2 is 0.574 bits per heavy atom. The van der Waals surface area contributed by atoms with Crippen LogP contribution < -0.4 is 0 Å². The molecule has 3 N–H and O–H groups in total. The Balaban J connectivity index is 5.32. The van der Waals surface area contributed by atoms with E-state index < -0.39 is 97.5 Å². The van der Waals surface area contributed by atoms with Crippen LogP contribution in [0, 0.1) is 11.8 Å². The van der Waals surface area contributed by atoms with Crippen LogP contribution in [0.25, 0.3) is 0 Å². The standard InChI is InChI=1S/C75H138O17P2/c1-7-9-11-13-15-17-19-21-23-25-29-33-39-45-51-57-72(77)85-63-70(91-75(80)60-54-48-41-35-31-27-28-32-37-43-49-55-67(3)4)65-89-93(81,82)87-61-69(76)62-88-94(83,84)90-66-71(64-86-73(78)58-52-46-42-36-38-44-50-56-68(5)6)92-74(79)59-53-47-40-34-30-26-24-22-20-18-16-14-12-10-8-2/h17-24,67-71,76H,7-16,25-66H2,1-6H3,(H,81,82)(H,83,84)/b19-17-,20-18-,23-21-,24-22-/t69?,70-,71-/m1/s1. The number of carbonyl (C=O) groups is 4. The minimum absolute atomic E-state index is 0.0817. The molecule has 0 aliphatic rings. The summed E-state index contributed by atoms with van der Waals surface area (Å²) in [5, 5.41) is 10.6. The molecule has 0 aliphatic carbocycles. The van der Waals surface area contributed by atoms with Gasteiger partial charge in [0.25, 0.3) is 0 Å². The fourth-order valence-electron chi connectivity index (χ4n) is 10.4. The third-order valence-corrected chi connectivity index (χ3v) is 18.1. The molecule has 0 saturated carbocycles. The molecular weight excluding hydrogens is 1230 g/mol. The van der Waals surface area contributed by atoms with Crippen molar-refractivity contribution < 1.29 is 80.2 Å². The average molecular weight is 1370 g/mol. The molecule has 550 valence electrons. The van der Waals surface area contributed by atoms with E-state index in [0.29, 0.717) is 31.6 Å². The molecule has 0 amide bonds. The number of hydrogen-bond donors (Lipinski definition) is 3. The summed E-state index contributed by atoms with van der Waals surface area (Å²) in [6, 6.07) is 0. The number of carbonyl (C=O) groups excluding carboxylic acids is 4. The first-order valence-corrected chi connectivity index (χ1v) is 40.6. The van der Waals surface area contributed by atoms with Gasteiger partial charge in [-0.25, -0.2) is 9.13 Å². The Labute approximate surface area is 572 Å². The van der Waals surface area contributed by atoms with Crippen LogP contribution in [0.4, 0.5) is 0 Å². The van der Waals surface area contributed by atoms with Crippen LogP contribution in [0.1, 0.15) is 337 Å². The van der Waals surface area contributed by atoms with Crippen molar-refractivity contribution in [3.05, 3.63) is 48.6 Å². The number of esters is 4. The number of aliphatic hydroxyl groups is 1. The lowest BCUT2D eigenvalue weighted by Crippen LogP contribution is -2.30. The van der Waals surface area contributed by atoms with Gasteiger partial charge < -0.3 is 33.8 Å². The van der Waals surface area contributed by atoms with E-state index >= 15 is 0 Å². The van der Waals surface area contributed by atoms with Gasteiger partial charge in [0, 0.05) is 25.7 Å². The van der Waals surface area contributed by atoms with Gasteiger partial charge in [-0.3, -0.25) is 37.3 Å². The van der Waals surface area contributed by atoms with Gasteiger partial charge in [0.2, 0.25) is 0 Å². The lowest BCUT2D eigenvalue weighted by molar-refractivity contribution is -0.161. The van der Waals surface area contributed by atoms with E-state index in [1.807, 2.05) is 0 Å².